The Labute approximate surface area is 127 Å². The molecule has 0 spiro atoms. The third-order valence-corrected chi connectivity index (χ3v) is 6.47. The second-order valence-electron chi connectivity index (χ2n) is 6.75. The van der Waals surface area contributed by atoms with Crippen molar-refractivity contribution < 1.29 is 4.74 Å². The van der Waals surface area contributed by atoms with Crippen molar-refractivity contribution in [2.45, 2.75) is 70.4 Å². The minimum Gasteiger partial charge on any atom is -0.381 e. The number of likely N-dealkylation sites (tertiary alicyclic amines) is 1. The lowest BCUT2D eigenvalue weighted by Crippen LogP contribution is -2.48. The quantitative estimate of drug-likeness (QED) is 0.564. The molecule has 1 aliphatic heterocycles. The molecule has 2 fully saturated rings. The van der Waals surface area contributed by atoms with Gasteiger partial charge in [-0.3, -0.25) is 4.90 Å². The summed E-state index contributed by atoms with van der Waals surface area (Å²) < 4.78 is 5.54. The summed E-state index contributed by atoms with van der Waals surface area (Å²) in [7, 11) is 1.86. The fourth-order valence-corrected chi connectivity index (χ4v) is 4.61. The van der Waals surface area contributed by atoms with Gasteiger partial charge in [-0.05, 0) is 38.0 Å². The third-order valence-electron chi connectivity index (χ3n) is 5.29. The maximum atomic E-state index is 5.54. The zero-order valence-electron chi connectivity index (χ0n) is 12.7. The summed E-state index contributed by atoms with van der Waals surface area (Å²) in [5.41, 5.74) is 0.532. The molecule has 0 aromatic rings. The molecule has 112 valence electrons. The maximum absolute atomic E-state index is 5.54. The standard InChI is InChI=1S/C16H30BrNO/c1-14-11-15(19-2)7-10-18(14)13-16(12-17)8-5-3-4-6-9-16/h14-15H,3-13H2,1-2H3. The first-order valence-electron chi connectivity index (χ1n) is 8.02. The molecular weight excluding hydrogens is 302 g/mol. The van der Waals surface area contributed by atoms with Gasteiger partial charge in [0.2, 0.25) is 0 Å². The highest BCUT2D eigenvalue weighted by Gasteiger charge is 2.35. The fraction of sp³-hybridized carbons (Fsp3) is 1.00. The molecule has 0 radical (unpaired) electrons. The van der Waals surface area contributed by atoms with E-state index in [0.29, 0.717) is 17.6 Å². The van der Waals surface area contributed by atoms with E-state index >= 15 is 0 Å². The Morgan fingerprint density at radius 2 is 1.89 bits per heavy atom. The van der Waals surface area contributed by atoms with Crippen molar-refractivity contribution >= 4 is 15.9 Å². The number of rotatable bonds is 4. The molecule has 2 aliphatic rings. The van der Waals surface area contributed by atoms with Crippen LogP contribution in [-0.4, -0.2) is 42.6 Å². The molecule has 1 saturated heterocycles. The van der Waals surface area contributed by atoms with Gasteiger partial charge in [-0.2, -0.15) is 0 Å². The second-order valence-corrected chi connectivity index (χ2v) is 7.31. The number of halogens is 1. The number of methoxy groups -OCH3 is 1. The molecule has 3 heteroatoms. The van der Waals surface area contributed by atoms with E-state index in [1.165, 1.54) is 69.8 Å². The maximum Gasteiger partial charge on any atom is 0.0598 e. The van der Waals surface area contributed by atoms with E-state index in [0.717, 1.165) is 0 Å². The van der Waals surface area contributed by atoms with Gasteiger partial charge in [-0.15, -0.1) is 0 Å². The summed E-state index contributed by atoms with van der Waals surface area (Å²) in [4.78, 5) is 2.72. The van der Waals surface area contributed by atoms with Gasteiger partial charge in [0, 0.05) is 31.6 Å². The van der Waals surface area contributed by atoms with E-state index in [2.05, 4.69) is 27.8 Å². The Bertz CT molecular complexity index is 263. The number of piperidine rings is 1. The van der Waals surface area contributed by atoms with Gasteiger partial charge in [-0.1, -0.05) is 41.6 Å². The predicted molar refractivity (Wildman–Crippen MR) is 85.0 cm³/mol. The smallest absolute Gasteiger partial charge is 0.0598 e. The molecule has 2 nitrogen and oxygen atoms in total. The lowest BCUT2D eigenvalue weighted by atomic mass is 9.81. The third kappa shape index (κ3) is 4.18. The minimum absolute atomic E-state index is 0.486. The molecule has 2 unspecified atom stereocenters. The van der Waals surface area contributed by atoms with E-state index < -0.39 is 0 Å². The van der Waals surface area contributed by atoms with E-state index in [1.807, 2.05) is 7.11 Å². The summed E-state index contributed by atoms with van der Waals surface area (Å²) >= 11 is 3.82. The molecular formula is C16H30BrNO. The molecule has 2 rings (SSSR count). The Balaban J connectivity index is 1.94. The summed E-state index contributed by atoms with van der Waals surface area (Å²) in [6.45, 7) is 4.88. The zero-order chi connectivity index (χ0) is 13.7. The van der Waals surface area contributed by atoms with Gasteiger partial charge in [0.15, 0.2) is 0 Å². The van der Waals surface area contributed by atoms with Crippen molar-refractivity contribution in [3.05, 3.63) is 0 Å². The first kappa shape index (κ1) is 15.8. The molecule has 0 amide bonds. The summed E-state index contributed by atoms with van der Waals surface area (Å²) in [5.74, 6) is 0. The van der Waals surface area contributed by atoms with Gasteiger partial charge < -0.3 is 4.74 Å². The van der Waals surface area contributed by atoms with Crippen LogP contribution in [0.1, 0.15) is 58.3 Å². The van der Waals surface area contributed by atoms with Crippen LogP contribution in [0.25, 0.3) is 0 Å². The molecule has 2 atom stereocenters. The largest absolute Gasteiger partial charge is 0.381 e. The van der Waals surface area contributed by atoms with Crippen LogP contribution >= 0.6 is 15.9 Å². The average Bonchev–Trinajstić information content (AvgIpc) is 2.67. The van der Waals surface area contributed by atoms with Crippen LogP contribution in [-0.2, 0) is 4.74 Å². The van der Waals surface area contributed by atoms with Crippen molar-refractivity contribution in [1.29, 1.82) is 0 Å². The van der Waals surface area contributed by atoms with E-state index in [9.17, 15) is 0 Å². The fourth-order valence-electron chi connectivity index (χ4n) is 3.87. The second kappa shape index (κ2) is 7.42. The van der Waals surface area contributed by atoms with E-state index in [4.69, 9.17) is 4.74 Å². The molecule has 1 aliphatic carbocycles. The molecule has 1 heterocycles. The van der Waals surface area contributed by atoms with Crippen molar-refractivity contribution in [2.75, 3.05) is 25.5 Å². The molecule has 1 saturated carbocycles. The number of nitrogens with zero attached hydrogens (tertiary/aromatic N) is 1. The first-order chi connectivity index (χ1) is 9.19. The van der Waals surface area contributed by atoms with E-state index in [1.54, 1.807) is 0 Å². The van der Waals surface area contributed by atoms with Crippen molar-refractivity contribution in [2.24, 2.45) is 5.41 Å². The Kier molecular flexibility index (Phi) is 6.16. The topological polar surface area (TPSA) is 12.5 Å². The Morgan fingerprint density at radius 1 is 1.21 bits per heavy atom. The van der Waals surface area contributed by atoms with Gasteiger partial charge in [-0.25, -0.2) is 0 Å². The monoisotopic (exact) mass is 331 g/mol. The van der Waals surface area contributed by atoms with Crippen LogP contribution in [0.3, 0.4) is 0 Å². The molecule has 0 aromatic carbocycles. The molecule has 0 N–H and O–H groups in total. The highest BCUT2D eigenvalue weighted by molar-refractivity contribution is 9.09. The van der Waals surface area contributed by atoms with Crippen LogP contribution in [0, 0.1) is 5.41 Å². The Morgan fingerprint density at radius 3 is 2.42 bits per heavy atom. The summed E-state index contributed by atoms with van der Waals surface area (Å²) in [6.07, 6.45) is 11.5. The lowest BCUT2D eigenvalue weighted by Gasteiger charge is -2.43. The minimum atomic E-state index is 0.486. The zero-order valence-corrected chi connectivity index (χ0v) is 14.3. The van der Waals surface area contributed by atoms with Gasteiger partial charge in [0.25, 0.3) is 0 Å². The number of hydrogen-bond acceptors (Lipinski definition) is 2. The predicted octanol–water partition coefficient (Wildman–Crippen LogP) is 4.22. The van der Waals surface area contributed by atoms with Crippen LogP contribution in [0.15, 0.2) is 0 Å². The van der Waals surface area contributed by atoms with Crippen LogP contribution in [0.2, 0.25) is 0 Å². The normalized spacial score (nSPS) is 33.0. The van der Waals surface area contributed by atoms with Crippen LogP contribution in [0.5, 0.6) is 0 Å². The highest BCUT2D eigenvalue weighted by atomic mass is 79.9. The molecule has 19 heavy (non-hydrogen) atoms. The Hall–Kier alpha value is 0.400. The van der Waals surface area contributed by atoms with Gasteiger partial charge >= 0.3 is 0 Å². The van der Waals surface area contributed by atoms with Crippen molar-refractivity contribution in [3.8, 4) is 0 Å². The average molecular weight is 332 g/mol. The van der Waals surface area contributed by atoms with Crippen molar-refractivity contribution in [1.82, 2.24) is 4.90 Å². The van der Waals surface area contributed by atoms with E-state index in [-0.39, 0.29) is 0 Å². The number of alkyl halides is 1. The molecule has 0 bridgehead atoms. The number of hydrogen-bond donors (Lipinski definition) is 0. The lowest BCUT2D eigenvalue weighted by molar-refractivity contribution is -0.000263. The highest BCUT2D eigenvalue weighted by Crippen LogP contribution is 2.38. The molecule has 0 aromatic heterocycles. The summed E-state index contributed by atoms with van der Waals surface area (Å²) in [5, 5.41) is 1.18. The van der Waals surface area contributed by atoms with Crippen LogP contribution in [0.4, 0.5) is 0 Å². The van der Waals surface area contributed by atoms with Gasteiger partial charge in [0.1, 0.15) is 0 Å². The first-order valence-corrected chi connectivity index (χ1v) is 9.14. The number of ether oxygens (including phenoxy) is 1. The van der Waals surface area contributed by atoms with Crippen molar-refractivity contribution in [3.63, 3.8) is 0 Å². The van der Waals surface area contributed by atoms with Gasteiger partial charge in [0.05, 0.1) is 6.10 Å². The summed E-state index contributed by atoms with van der Waals surface area (Å²) in [6, 6.07) is 0.679. The van der Waals surface area contributed by atoms with Crippen LogP contribution < -0.4 is 0 Å². The SMILES string of the molecule is COC1CCN(CC2(CBr)CCCCCC2)C(C)C1.